The summed E-state index contributed by atoms with van der Waals surface area (Å²) in [4.78, 5) is 4.28. The van der Waals surface area contributed by atoms with E-state index in [0.717, 1.165) is 17.1 Å². The molecular formula is C16H20N2O. The van der Waals surface area contributed by atoms with Crippen LogP contribution in [0.15, 0.2) is 42.6 Å². The van der Waals surface area contributed by atoms with Crippen LogP contribution in [0.2, 0.25) is 0 Å². The van der Waals surface area contributed by atoms with Gasteiger partial charge in [-0.05, 0) is 50.6 Å². The van der Waals surface area contributed by atoms with Gasteiger partial charge < -0.3 is 10.1 Å². The van der Waals surface area contributed by atoms with E-state index in [1.54, 1.807) is 0 Å². The normalized spacial score (nSPS) is 11.9. The molecule has 19 heavy (non-hydrogen) atoms. The lowest BCUT2D eigenvalue weighted by atomic mass is 10.1. The number of nitrogens with one attached hydrogen (secondary N) is 1. The fraction of sp³-hybridized carbons (Fsp3) is 0.312. The molecule has 0 bridgehead atoms. The summed E-state index contributed by atoms with van der Waals surface area (Å²) in [7, 11) is 0. The van der Waals surface area contributed by atoms with Gasteiger partial charge in [0, 0.05) is 12.2 Å². The van der Waals surface area contributed by atoms with Crippen molar-refractivity contribution in [2.45, 2.75) is 26.8 Å². The SMILES string of the molecule is CCOc1ccc(C(C)Nc2cccnc2C)cc1. The third kappa shape index (κ3) is 3.47. The number of anilines is 1. The molecule has 1 heterocycles. The van der Waals surface area contributed by atoms with Crippen molar-refractivity contribution >= 4 is 5.69 Å². The smallest absolute Gasteiger partial charge is 0.119 e. The lowest BCUT2D eigenvalue weighted by molar-refractivity contribution is 0.340. The predicted molar refractivity (Wildman–Crippen MR) is 78.6 cm³/mol. The van der Waals surface area contributed by atoms with E-state index in [-0.39, 0.29) is 6.04 Å². The first-order valence-electron chi connectivity index (χ1n) is 6.61. The summed E-state index contributed by atoms with van der Waals surface area (Å²) in [5.74, 6) is 0.913. The van der Waals surface area contributed by atoms with Gasteiger partial charge in [-0.2, -0.15) is 0 Å². The summed E-state index contributed by atoms with van der Waals surface area (Å²) < 4.78 is 5.45. The Kier molecular flexibility index (Phi) is 4.39. The van der Waals surface area contributed by atoms with E-state index < -0.39 is 0 Å². The summed E-state index contributed by atoms with van der Waals surface area (Å²) in [5.41, 5.74) is 3.32. The average molecular weight is 256 g/mol. The van der Waals surface area contributed by atoms with Crippen LogP contribution in [0.5, 0.6) is 5.75 Å². The van der Waals surface area contributed by atoms with Crippen molar-refractivity contribution in [2.75, 3.05) is 11.9 Å². The van der Waals surface area contributed by atoms with Crippen molar-refractivity contribution in [1.29, 1.82) is 0 Å². The number of hydrogen-bond donors (Lipinski definition) is 1. The Morgan fingerprint density at radius 3 is 2.58 bits per heavy atom. The molecule has 0 radical (unpaired) electrons. The molecule has 1 atom stereocenters. The van der Waals surface area contributed by atoms with E-state index >= 15 is 0 Å². The Morgan fingerprint density at radius 2 is 1.95 bits per heavy atom. The fourth-order valence-electron chi connectivity index (χ4n) is 1.97. The van der Waals surface area contributed by atoms with Crippen LogP contribution >= 0.6 is 0 Å². The Bertz CT molecular complexity index is 523. The molecule has 3 nitrogen and oxygen atoms in total. The van der Waals surface area contributed by atoms with Crippen molar-refractivity contribution < 1.29 is 4.74 Å². The Morgan fingerprint density at radius 1 is 1.21 bits per heavy atom. The third-order valence-corrected chi connectivity index (χ3v) is 3.07. The van der Waals surface area contributed by atoms with Crippen molar-refractivity contribution in [1.82, 2.24) is 4.98 Å². The second-order valence-corrected chi connectivity index (χ2v) is 4.50. The number of pyridine rings is 1. The number of aryl methyl sites for hydroxylation is 1. The van der Waals surface area contributed by atoms with Crippen molar-refractivity contribution in [3.63, 3.8) is 0 Å². The zero-order chi connectivity index (χ0) is 13.7. The maximum atomic E-state index is 5.45. The third-order valence-electron chi connectivity index (χ3n) is 3.07. The highest BCUT2D eigenvalue weighted by Crippen LogP contribution is 2.22. The van der Waals surface area contributed by atoms with Crippen LogP contribution in [-0.4, -0.2) is 11.6 Å². The number of ether oxygens (including phenoxy) is 1. The van der Waals surface area contributed by atoms with Gasteiger partial charge in [-0.1, -0.05) is 12.1 Å². The first-order valence-corrected chi connectivity index (χ1v) is 6.61. The van der Waals surface area contributed by atoms with Gasteiger partial charge >= 0.3 is 0 Å². The van der Waals surface area contributed by atoms with E-state index in [0.29, 0.717) is 6.61 Å². The van der Waals surface area contributed by atoms with Gasteiger partial charge in [-0.25, -0.2) is 0 Å². The highest BCUT2D eigenvalue weighted by molar-refractivity contribution is 5.48. The van der Waals surface area contributed by atoms with E-state index in [9.17, 15) is 0 Å². The molecule has 2 rings (SSSR count). The van der Waals surface area contributed by atoms with Crippen LogP contribution in [0.4, 0.5) is 5.69 Å². The minimum absolute atomic E-state index is 0.235. The van der Waals surface area contributed by atoms with E-state index in [1.165, 1.54) is 5.56 Å². The van der Waals surface area contributed by atoms with Crippen LogP contribution in [0.25, 0.3) is 0 Å². The fourth-order valence-corrected chi connectivity index (χ4v) is 1.97. The number of aromatic nitrogens is 1. The van der Waals surface area contributed by atoms with Crippen LogP contribution in [0.3, 0.4) is 0 Å². The molecule has 3 heteroatoms. The van der Waals surface area contributed by atoms with Gasteiger partial charge in [0.05, 0.1) is 18.0 Å². The van der Waals surface area contributed by atoms with Crippen LogP contribution in [-0.2, 0) is 0 Å². The molecule has 0 aliphatic carbocycles. The molecule has 0 saturated heterocycles. The zero-order valence-corrected chi connectivity index (χ0v) is 11.7. The summed E-state index contributed by atoms with van der Waals surface area (Å²) in [6.45, 7) is 6.83. The average Bonchev–Trinajstić information content (AvgIpc) is 2.42. The number of nitrogens with zero attached hydrogens (tertiary/aromatic N) is 1. The molecule has 1 aromatic carbocycles. The molecule has 0 aliphatic rings. The molecule has 100 valence electrons. The Balaban J connectivity index is 2.07. The van der Waals surface area contributed by atoms with Crippen LogP contribution < -0.4 is 10.1 Å². The largest absolute Gasteiger partial charge is 0.494 e. The first kappa shape index (κ1) is 13.4. The van der Waals surface area contributed by atoms with Gasteiger partial charge in [0.15, 0.2) is 0 Å². The molecule has 1 unspecified atom stereocenters. The maximum Gasteiger partial charge on any atom is 0.119 e. The molecular weight excluding hydrogens is 236 g/mol. The quantitative estimate of drug-likeness (QED) is 0.879. The second kappa shape index (κ2) is 6.23. The summed E-state index contributed by atoms with van der Waals surface area (Å²) in [6, 6.07) is 12.4. The van der Waals surface area contributed by atoms with Gasteiger partial charge in [-0.3, -0.25) is 4.98 Å². The molecule has 0 aliphatic heterocycles. The van der Waals surface area contributed by atoms with Gasteiger partial charge in [-0.15, -0.1) is 0 Å². The van der Waals surface area contributed by atoms with E-state index in [4.69, 9.17) is 4.74 Å². The number of hydrogen-bond acceptors (Lipinski definition) is 3. The molecule has 1 N–H and O–H groups in total. The van der Waals surface area contributed by atoms with Gasteiger partial charge in [0.25, 0.3) is 0 Å². The lowest BCUT2D eigenvalue weighted by Crippen LogP contribution is -2.08. The molecule has 0 spiro atoms. The maximum absolute atomic E-state index is 5.45. The number of benzene rings is 1. The lowest BCUT2D eigenvalue weighted by Gasteiger charge is -2.17. The minimum Gasteiger partial charge on any atom is -0.494 e. The highest BCUT2D eigenvalue weighted by atomic mass is 16.5. The molecule has 0 fully saturated rings. The monoisotopic (exact) mass is 256 g/mol. The standard InChI is InChI=1S/C16H20N2O/c1-4-19-15-9-7-14(8-10-15)12(2)18-16-6-5-11-17-13(16)3/h5-12,18H,4H2,1-3H3. The van der Waals surface area contributed by atoms with Crippen molar-refractivity contribution in [3.8, 4) is 5.75 Å². The molecule has 1 aromatic heterocycles. The van der Waals surface area contributed by atoms with Crippen LogP contribution in [0, 0.1) is 6.92 Å². The summed E-state index contributed by atoms with van der Waals surface area (Å²) >= 11 is 0. The van der Waals surface area contributed by atoms with Gasteiger partial charge in [0.1, 0.15) is 5.75 Å². The summed E-state index contributed by atoms with van der Waals surface area (Å²) in [6.07, 6.45) is 1.81. The first-order chi connectivity index (χ1) is 9.20. The van der Waals surface area contributed by atoms with Crippen LogP contribution in [0.1, 0.15) is 31.1 Å². The minimum atomic E-state index is 0.235. The highest BCUT2D eigenvalue weighted by Gasteiger charge is 2.07. The van der Waals surface area contributed by atoms with Crippen molar-refractivity contribution in [3.05, 3.63) is 53.9 Å². The van der Waals surface area contributed by atoms with E-state index in [2.05, 4.69) is 29.4 Å². The summed E-state index contributed by atoms with van der Waals surface area (Å²) in [5, 5.41) is 3.47. The zero-order valence-electron chi connectivity index (χ0n) is 11.7. The Hall–Kier alpha value is -2.03. The topological polar surface area (TPSA) is 34.1 Å². The van der Waals surface area contributed by atoms with Crippen molar-refractivity contribution in [2.24, 2.45) is 0 Å². The molecule has 2 aromatic rings. The number of rotatable bonds is 5. The Labute approximate surface area is 114 Å². The molecule has 0 saturated carbocycles. The van der Waals surface area contributed by atoms with E-state index in [1.807, 2.05) is 44.3 Å². The second-order valence-electron chi connectivity index (χ2n) is 4.50. The predicted octanol–water partition coefficient (Wildman–Crippen LogP) is 3.96. The molecule has 0 amide bonds. The van der Waals surface area contributed by atoms with Gasteiger partial charge in [0.2, 0.25) is 0 Å².